The number of benzene rings is 1. The first-order chi connectivity index (χ1) is 10.6. The van der Waals surface area contributed by atoms with Gasteiger partial charge in [0.15, 0.2) is 5.82 Å². The second-order valence-electron chi connectivity index (χ2n) is 6.19. The van der Waals surface area contributed by atoms with E-state index in [4.69, 9.17) is 0 Å². The van der Waals surface area contributed by atoms with Crippen molar-refractivity contribution in [1.29, 1.82) is 0 Å². The molecule has 0 saturated heterocycles. The number of aryl methyl sites for hydroxylation is 1. The second-order valence-corrected chi connectivity index (χ2v) is 7.84. The number of rotatable bonds is 4. The zero-order valence-corrected chi connectivity index (χ0v) is 14.2. The van der Waals surface area contributed by atoms with E-state index in [0.717, 1.165) is 12.1 Å². The van der Waals surface area contributed by atoms with E-state index < -0.39 is 15.8 Å². The lowest BCUT2D eigenvalue weighted by Gasteiger charge is -2.20. The summed E-state index contributed by atoms with van der Waals surface area (Å²) in [6, 6.07) is 6.63. The standard InChI is InChI=1S/C15H19FN4O2S/c1-10-9-11(16)5-6-12(10)23(21,22)20-14-8-7-13(18-19-14)17-15(2,3)4/h5-9H,1-4H3,(H,17,18)(H,19,20). The van der Waals surface area contributed by atoms with E-state index in [9.17, 15) is 12.8 Å². The monoisotopic (exact) mass is 338 g/mol. The summed E-state index contributed by atoms with van der Waals surface area (Å²) >= 11 is 0. The Morgan fingerprint density at radius 1 is 1.04 bits per heavy atom. The Balaban J connectivity index is 2.21. The van der Waals surface area contributed by atoms with E-state index in [0.29, 0.717) is 11.4 Å². The molecular weight excluding hydrogens is 319 g/mol. The first kappa shape index (κ1) is 17.1. The van der Waals surface area contributed by atoms with Gasteiger partial charge in [-0.15, -0.1) is 10.2 Å². The molecule has 0 spiro atoms. The minimum absolute atomic E-state index is 0.00223. The van der Waals surface area contributed by atoms with Crippen molar-refractivity contribution in [2.75, 3.05) is 10.0 Å². The van der Waals surface area contributed by atoms with Crippen LogP contribution in [-0.2, 0) is 10.0 Å². The van der Waals surface area contributed by atoms with Gasteiger partial charge in [0.25, 0.3) is 10.0 Å². The Bertz CT molecular complexity index is 799. The molecule has 1 heterocycles. The summed E-state index contributed by atoms with van der Waals surface area (Å²) in [5.74, 6) is 0.144. The van der Waals surface area contributed by atoms with Gasteiger partial charge >= 0.3 is 0 Å². The number of sulfonamides is 1. The molecule has 1 aromatic carbocycles. The molecule has 0 unspecified atom stereocenters. The Morgan fingerprint density at radius 2 is 1.65 bits per heavy atom. The Kier molecular flexibility index (Phi) is 4.56. The number of anilines is 2. The fourth-order valence-corrected chi connectivity index (χ4v) is 3.17. The number of hydrogen-bond acceptors (Lipinski definition) is 5. The molecule has 6 nitrogen and oxygen atoms in total. The van der Waals surface area contributed by atoms with E-state index in [-0.39, 0.29) is 16.3 Å². The van der Waals surface area contributed by atoms with Crippen molar-refractivity contribution in [2.24, 2.45) is 0 Å². The van der Waals surface area contributed by atoms with Crippen molar-refractivity contribution in [2.45, 2.75) is 38.1 Å². The van der Waals surface area contributed by atoms with Crippen molar-refractivity contribution in [3.8, 4) is 0 Å². The molecule has 0 saturated carbocycles. The third-order valence-electron chi connectivity index (χ3n) is 2.83. The summed E-state index contributed by atoms with van der Waals surface area (Å²) < 4.78 is 40.1. The minimum Gasteiger partial charge on any atom is -0.364 e. The summed E-state index contributed by atoms with van der Waals surface area (Å²) in [4.78, 5) is -0.00223. The number of aromatic nitrogens is 2. The van der Waals surface area contributed by atoms with Crippen LogP contribution in [0, 0.1) is 12.7 Å². The third-order valence-corrected chi connectivity index (χ3v) is 4.35. The molecule has 0 fully saturated rings. The van der Waals surface area contributed by atoms with Crippen molar-refractivity contribution >= 4 is 21.7 Å². The van der Waals surface area contributed by atoms with Crippen LogP contribution in [0.4, 0.5) is 16.0 Å². The van der Waals surface area contributed by atoms with Gasteiger partial charge < -0.3 is 5.32 Å². The van der Waals surface area contributed by atoms with E-state index in [2.05, 4.69) is 20.2 Å². The lowest BCUT2D eigenvalue weighted by molar-refractivity contribution is 0.598. The van der Waals surface area contributed by atoms with Crippen molar-refractivity contribution < 1.29 is 12.8 Å². The maximum atomic E-state index is 13.1. The Labute approximate surface area is 135 Å². The molecule has 0 amide bonds. The molecule has 0 radical (unpaired) electrons. The third kappa shape index (κ3) is 4.62. The van der Waals surface area contributed by atoms with Crippen LogP contribution >= 0.6 is 0 Å². The first-order valence-corrected chi connectivity index (χ1v) is 8.46. The molecular formula is C15H19FN4O2S. The predicted molar refractivity (Wildman–Crippen MR) is 87.4 cm³/mol. The van der Waals surface area contributed by atoms with Crippen LogP contribution in [0.25, 0.3) is 0 Å². The van der Waals surface area contributed by atoms with Crippen LogP contribution in [0.1, 0.15) is 26.3 Å². The normalized spacial score (nSPS) is 12.0. The van der Waals surface area contributed by atoms with Gasteiger partial charge in [0.1, 0.15) is 11.6 Å². The quantitative estimate of drug-likeness (QED) is 0.895. The minimum atomic E-state index is -3.85. The number of nitrogens with zero attached hydrogens (tertiary/aromatic N) is 2. The average Bonchev–Trinajstić information content (AvgIpc) is 2.38. The molecule has 2 rings (SSSR count). The van der Waals surface area contributed by atoms with Crippen LogP contribution < -0.4 is 10.0 Å². The zero-order valence-electron chi connectivity index (χ0n) is 13.4. The predicted octanol–water partition coefficient (Wildman–Crippen LogP) is 2.94. The maximum absolute atomic E-state index is 13.1. The Morgan fingerprint density at radius 3 is 2.17 bits per heavy atom. The lowest BCUT2D eigenvalue weighted by atomic mass is 10.1. The van der Waals surface area contributed by atoms with Crippen LogP contribution in [0.15, 0.2) is 35.2 Å². The van der Waals surface area contributed by atoms with E-state index in [1.54, 1.807) is 6.07 Å². The van der Waals surface area contributed by atoms with E-state index >= 15 is 0 Å². The van der Waals surface area contributed by atoms with Crippen LogP contribution in [0.2, 0.25) is 0 Å². The molecule has 0 aliphatic carbocycles. The van der Waals surface area contributed by atoms with Crippen molar-refractivity contribution in [3.05, 3.63) is 41.7 Å². The van der Waals surface area contributed by atoms with Gasteiger partial charge in [-0.3, -0.25) is 4.72 Å². The molecule has 0 bridgehead atoms. The summed E-state index contributed by atoms with van der Waals surface area (Å²) in [7, 11) is -3.85. The lowest BCUT2D eigenvalue weighted by Crippen LogP contribution is -2.26. The van der Waals surface area contributed by atoms with Crippen LogP contribution in [0.5, 0.6) is 0 Å². The topological polar surface area (TPSA) is 84.0 Å². The molecule has 124 valence electrons. The summed E-state index contributed by atoms with van der Waals surface area (Å²) in [5, 5.41) is 10.9. The number of hydrogen-bond donors (Lipinski definition) is 2. The van der Waals surface area contributed by atoms with Crippen molar-refractivity contribution in [1.82, 2.24) is 10.2 Å². The molecule has 0 aliphatic rings. The van der Waals surface area contributed by atoms with E-state index in [1.165, 1.54) is 19.1 Å². The van der Waals surface area contributed by atoms with Crippen LogP contribution in [0.3, 0.4) is 0 Å². The number of nitrogens with one attached hydrogen (secondary N) is 2. The average molecular weight is 338 g/mol. The van der Waals surface area contributed by atoms with Gasteiger partial charge in [0.05, 0.1) is 4.90 Å². The fourth-order valence-electron chi connectivity index (χ4n) is 1.94. The highest BCUT2D eigenvalue weighted by atomic mass is 32.2. The SMILES string of the molecule is Cc1cc(F)ccc1S(=O)(=O)Nc1ccc(NC(C)(C)C)nn1. The van der Waals surface area contributed by atoms with Gasteiger partial charge in [-0.25, -0.2) is 12.8 Å². The molecule has 23 heavy (non-hydrogen) atoms. The molecule has 0 atom stereocenters. The highest BCUT2D eigenvalue weighted by Gasteiger charge is 2.18. The number of halogens is 1. The largest absolute Gasteiger partial charge is 0.364 e. The summed E-state index contributed by atoms with van der Waals surface area (Å²) in [6.45, 7) is 7.45. The van der Waals surface area contributed by atoms with Crippen LogP contribution in [-0.4, -0.2) is 24.2 Å². The first-order valence-electron chi connectivity index (χ1n) is 6.98. The molecule has 8 heteroatoms. The van der Waals surface area contributed by atoms with E-state index in [1.807, 2.05) is 20.8 Å². The second kappa shape index (κ2) is 6.11. The van der Waals surface area contributed by atoms with Gasteiger partial charge in [-0.05, 0) is 63.6 Å². The van der Waals surface area contributed by atoms with Gasteiger partial charge in [-0.1, -0.05) is 0 Å². The molecule has 1 aromatic heterocycles. The summed E-state index contributed by atoms with van der Waals surface area (Å²) in [6.07, 6.45) is 0. The van der Waals surface area contributed by atoms with Crippen molar-refractivity contribution in [3.63, 3.8) is 0 Å². The van der Waals surface area contributed by atoms with Gasteiger partial charge in [0.2, 0.25) is 0 Å². The molecule has 2 aromatic rings. The summed E-state index contributed by atoms with van der Waals surface area (Å²) in [5.41, 5.74) is 0.137. The highest BCUT2D eigenvalue weighted by Crippen LogP contribution is 2.19. The van der Waals surface area contributed by atoms with Gasteiger partial charge in [0, 0.05) is 5.54 Å². The fraction of sp³-hybridized carbons (Fsp3) is 0.333. The molecule has 0 aliphatic heterocycles. The maximum Gasteiger partial charge on any atom is 0.263 e. The Hall–Kier alpha value is -2.22. The van der Waals surface area contributed by atoms with Gasteiger partial charge in [-0.2, -0.15) is 0 Å². The highest BCUT2D eigenvalue weighted by molar-refractivity contribution is 7.92. The zero-order chi connectivity index (χ0) is 17.3. The smallest absolute Gasteiger partial charge is 0.263 e. The molecule has 2 N–H and O–H groups in total.